The van der Waals surface area contributed by atoms with Gasteiger partial charge in [0.15, 0.2) is 0 Å². The van der Waals surface area contributed by atoms with Crippen LogP contribution in [0.15, 0.2) is 41.9 Å². The topological polar surface area (TPSA) is 137 Å². The van der Waals surface area contributed by atoms with Crippen LogP contribution in [0.4, 0.5) is 0 Å². The van der Waals surface area contributed by atoms with Crippen molar-refractivity contribution in [1.82, 2.24) is 35.2 Å². The molecule has 1 aliphatic rings. The van der Waals surface area contributed by atoms with Gasteiger partial charge in [-0.2, -0.15) is 0 Å². The number of ether oxygens (including phenoxy) is 2. The van der Waals surface area contributed by atoms with Crippen molar-refractivity contribution in [1.29, 1.82) is 0 Å². The van der Waals surface area contributed by atoms with Crippen molar-refractivity contribution < 1.29 is 28.7 Å². The first-order chi connectivity index (χ1) is 26.6. The van der Waals surface area contributed by atoms with E-state index in [0.717, 1.165) is 30.0 Å². The van der Waals surface area contributed by atoms with E-state index in [4.69, 9.17) is 9.47 Å². The van der Waals surface area contributed by atoms with Crippen LogP contribution in [0.25, 0.3) is 0 Å². The van der Waals surface area contributed by atoms with E-state index in [0.29, 0.717) is 25.9 Å². The van der Waals surface area contributed by atoms with E-state index in [2.05, 4.69) is 27.4 Å². The highest BCUT2D eigenvalue weighted by atomic mass is 32.1. The highest BCUT2D eigenvalue weighted by Crippen LogP contribution is 2.30. The average Bonchev–Trinajstić information content (AvgIpc) is 3.89. The Labute approximate surface area is 339 Å². The molecule has 0 saturated carbocycles. The average molecular weight is 800 g/mol. The van der Waals surface area contributed by atoms with Crippen molar-refractivity contribution in [2.45, 2.75) is 103 Å². The van der Waals surface area contributed by atoms with Crippen LogP contribution in [0.2, 0.25) is 0 Å². The van der Waals surface area contributed by atoms with Gasteiger partial charge < -0.3 is 34.8 Å². The largest absolute Gasteiger partial charge is 0.379 e. The Morgan fingerprint density at radius 1 is 0.982 bits per heavy atom. The first-order valence-corrected chi connectivity index (χ1v) is 21.0. The van der Waals surface area contributed by atoms with E-state index in [1.165, 1.54) is 11.3 Å². The van der Waals surface area contributed by atoms with Crippen molar-refractivity contribution in [2.24, 2.45) is 17.8 Å². The first-order valence-electron chi connectivity index (χ1n) is 20.1. The summed E-state index contributed by atoms with van der Waals surface area (Å²) >= 11 is 1.51. The summed E-state index contributed by atoms with van der Waals surface area (Å²) in [7, 11) is 10.8. The molecular formula is C42H69N7O6S. The maximum absolute atomic E-state index is 14.2. The van der Waals surface area contributed by atoms with Crippen LogP contribution < -0.4 is 10.6 Å². The second-order valence-electron chi connectivity index (χ2n) is 16.0. The van der Waals surface area contributed by atoms with Gasteiger partial charge in [0.2, 0.25) is 23.6 Å². The number of likely N-dealkylation sites (N-methyl/N-ethyl adjacent to an activating group) is 3. The number of nitrogens with zero attached hydrogens (tertiary/aromatic N) is 5. The molecule has 1 fully saturated rings. The third-order valence-corrected chi connectivity index (χ3v) is 12.2. The highest BCUT2D eigenvalue weighted by Gasteiger charge is 2.42. The van der Waals surface area contributed by atoms with E-state index in [-0.39, 0.29) is 66.6 Å². The predicted octanol–water partition coefficient (Wildman–Crippen LogP) is 4.10. The van der Waals surface area contributed by atoms with Gasteiger partial charge in [0.25, 0.3) is 0 Å². The van der Waals surface area contributed by atoms with E-state index < -0.39 is 24.2 Å². The van der Waals surface area contributed by atoms with Crippen LogP contribution in [0.5, 0.6) is 0 Å². The quantitative estimate of drug-likeness (QED) is 0.170. The lowest BCUT2D eigenvalue weighted by Gasteiger charge is -2.39. The number of rotatable bonds is 23. The van der Waals surface area contributed by atoms with Crippen LogP contribution in [0, 0.1) is 17.8 Å². The molecule has 3 rings (SSSR count). The molecule has 13 nitrogen and oxygen atoms in total. The summed E-state index contributed by atoms with van der Waals surface area (Å²) in [5, 5.41) is 8.86. The van der Waals surface area contributed by atoms with Gasteiger partial charge >= 0.3 is 0 Å². The molecule has 2 heterocycles. The fourth-order valence-electron chi connectivity index (χ4n) is 7.99. The van der Waals surface area contributed by atoms with Crippen LogP contribution >= 0.6 is 11.3 Å². The number of nitrogens with one attached hydrogen (secondary N) is 2. The van der Waals surface area contributed by atoms with E-state index in [1.807, 2.05) is 94.3 Å². The van der Waals surface area contributed by atoms with E-state index in [1.54, 1.807) is 32.4 Å². The van der Waals surface area contributed by atoms with Gasteiger partial charge in [0.05, 0.1) is 55.3 Å². The fourth-order valence-corrected chi connectivity index (χ4v) is 8.68. The third-order valence-electron chi connectivity index (χ3n) is 11.3. The molecule has 1 aromatic heterocycles. The minimum absolute atomic E-state index is 0.00413. The Morgan fingerprint density at radius 3 is 2.25 bits per heavy atom. The molecule has 8 atom stereocenters. The molecule has 2 N–H and O–H groups in total. The molecule has 0 spiro atoms. The molecule has 8 unspecified atom stereocenters. The van der Waals surface area contributed by atoms with Gasteiger partial charge in [-0.05, 0) is 57.8 Å². The summed E-state index contributed by atoms with van der Waals surface area (Å²) in [6, 6.07) is 8.61. The zero-order valence-corrected chi connectivity index (χ0v) is 36.5. The summed E-state index contributed by atoms with van der Waals surface area (Å²) in [6.07, 6.45) is 3.51. The first kappa shape index (κ1) is 46.9. The van der Waals surface area contributed by atoms with Crippen LogP contribution in [-0.2, 0) is 35.1 Å². The van der Waals surface area contributed by atoms with E-state index in [9.17, 15) is 19.2 Å². The molecule has 1 saturated heterocycles. The second-order valence-corrected chi connectivity index (χ2v) is 16.9. The minimum Gasteiger partial charge on any atom is -0.379 e. The van der Waals surface area contributed by atoms with Gasteiger partial charge in [-0.1, -0.05) is 71.4 Å². The minimum atomic E-state index is -0.595. The normalized spacial score (nSPS) is 18.3. The Balaban J connectivity index is 1.71. The Hall–Kier alpha value is -3.43. The number of hydrogen-bond acceptors (Lipinski definition) is 10. The fraction of sp³-hybridized carbons (Fsp3) is 0.690. The Kier molecular flexibility index (Phi) is 19.4. The molecule has 2 aromatic rings. The smallest absolute Gasteiger partial charge is 0.242 e. The zero-order valence-electron chi connectivity index (χ0n) is 35.7. The number of hydrogen-bond donors (Lipinski definition) is 2. The molecule has 0 aliphatic carbocycles. The maximum atomic E-state index is 14.2. The van der Waals surface area contributed by atoms with E-state index >= 15 is 0 Å². The number of aromatic nitrogens is 1. The van der Waals surface area contributed by atoms with Crippen molar-refractivity contribution in [2.75, 3.05) is 68.6 Å². The lowest BCUT2D eigenvalue weighted by atomic mass is 9.90. The molecule has 1 aliphatic heterocycles. The number of amides is 4. The summed E-state index contributed by atoms with van der Waals surface area (Å²) < 4.78 is 12.0. The van der Waals surface area contributed by atoms with Crippen molar-refractivity contribution >= 4 is 35.0 Å². The predicted molar refractivity (Wildman–Crippen MR) is 222 cm³/mol. The molecule has 0 bridgehead atoms. The monoisotopic (exact) mass is 800 g/mol. The number of carbonyl (C=O) groups is 4. The van der Waals surface area contributed by atoms with Gasteiger partial charge in [0.1, 0.15) is 5.01 Å². The molecular weight excluding hydrogens is 731 g/mol. The van der Waals surface area contributed by atoms with Gasteiger partial charge in [-0.25, -0.2) is 4.98 Å². The molecule has 56 heavy (non-hydrogen) atoms. The number of methoxy groups -OCH3 is 2. The Morgan fingerprint density at radius 2 is 1.68 bits per heavy atom. The van der Waals surface area contributed by atoms with Gasteiger partial charge in [0, 0.05) is 52.5 Å². The van der Waals surface area contributed by atoms with Crippen LogP contribution in [-0.4, -0.2) is 147 Å². The summed E-state index contributed by atoms with van der Waals surface area (Å²) in [5.74, 6) is -1.20. The number of likely N-dealkylation sites (tertiary alicyclic amines) is 1. The van der Waals surface area contributed by atoms with Crippen molar-refractivity contribution in [3.63, 3.8) is 0 Å². The van der Waals surface area contributed by atoms with Crippen LogP contribution in [0.3, 0.4) is 0 Å². The second kappa shape index (κ2) is 23.1. The molecule has 314 valence electrons. The zero-order chi connectivity index (χ0) is 41.5. The number of thiazole rings is 1. The van der Waals surface area contributed by atoms with Gasteiger partial charge in [-0.3, -0.25) is 24.1 Å². The SMILES string of the molecule is CCC(C)C(C(CC(=O)N1CCCC1C(OC)C(C)C(=O)NC(Cc1ccccc1)c1nccs1)OC)N(C)C(=O)CNC(=O)C(C(C)C)N(C)CCN(C)C. The van der Waals surface area contributed by atoms with Crippen molar-refractivity contribution in [3.05, 3.63) is 52.5 Å². The molecule has 1 aromatic carbocycles. The highest BCUT2D eigenvalue weighted by molar-refractivity contribution is 7.09. The maximum Gasteiger partial charge on any atom is 0.242 e. The van der Waals surface area contributed by atoms with Crippen LogP contribution in [0.1, 0.15) is 76.9 Å². The molecule has 4 amide bonds. The van der Waals surface area contributed by atoms with Crippen molar-refractivity contribution in [3.8, 4) is 0 Å². The molecule has 14 heteroatoms. The standard InChI is InChI=1S/C42H69N7O6S/c1-12-29(4)38(48(9)36(51)27-44-41(53)37(28(2)3)47(8)23-22-46(6)7)34(54-10)26-35(50)49-21-16-19-33(49)39(55-11)30(5)40(52)45-32(42-43-20-24-56-42)25-31-17-14-13-15-18-31/h13-15,17-18,20,24,28-30,32-34,37-39H,12,16,19,21-23,25-27H2,1-11H3,(H,44,53)(H,45,52). The lowest BCUT2D eigenvalue weighted by Crippen LogP contribution is -2.55. The molecule has 0 radical (unpaired) electrons. The number of carbonyl (C=O) groups excluding carboxylic acids is 4. The lowest BCUT2D eigenvalue weighted by molar-refractivity contribution is -0.146. The summed E-state index contributed by atoms with van der Waals surface area (Å²) in [5.41, 5.74) is 1.09. The summed E-state index contributed by atoms with van der Waals surface area (Å²) in [6.45, 7) is 11.9. The Bertz CT molecular complexity index is 1500. The third kappa shape index (κ3) is 13.1. The number of benzene rings is 1. The summed E-state index contributed by atoms with van der Waals surface area (Å²) in [4.78, 5) is 67.2. The van der Waals surface area contributed by atoms with Gasteiger partial charge in [-0.15, -0.1) is 11.3 Å².